The predicted octanol–water partition coefficient (Wildman–Crippen LogP) is 2.72. The van der Waals surface area contributed by atoms with Crippen molar-refractivity contribution in [3.8, 4) is 11.6 Å². The normalized spacial score (nSPS) is 10.0. The lowest BCUT2D eigenvalue weighted by molar-refractivity contribution is -0.386. The molecule has 7 nitrogen and oxygen atoms in total. The highest BCUT2D eigenvalue weighted by Crippen LogP contribution is 2.30. The van der Waals surface area contributed by atoms with Gasteiger partial charge in [-0.25, -0.2) is 5.84 Å². The van der Waals surface area contributed by atoms with E-state index in [4.69, 9.17) is 22.2 Å². The maximum absolute atomic E-state index is 10.9. The number of hydrogen-bond donors (Lipinski definition) is 2. The zero-order chi connectivity index (χ0) is 13.8. The fourth-order valence-electron chi connectivity index (χ4n) is 1.34. The van der Waals surface area contributed by atoms with Crippen LogP contribution >= 0.6 is 11.6 Å². The summed E-state index contributed by atoms with van der Waals surface area (Å²) in [6.07, 6.45) is 0. The molecule has 1 aromatic carbocycles. The van der Waals surface area contributed by atoms with Gasteiger partial charge >= 0.3 is 11.6 Å². The third-order valence-electron chi connectivity index (χ3n) is 2.21. The van der Waals surface area contributed by atoms with Gasteiger partial charge in [-0.05, 0) is 30.3 Å². The van der Waals surface area contributed by atoms with Gasteiger partial charge < -0.3 is 10.2 Å². The molecule has 98 valence electrons. The van der Waals surface area contributed by atoms with Gasteiger partial charge in [-0.3, -0.25) is 10.1 Å². The molecule has 2 aromatic rings. The molecule has 1 heterocycles. The first kappa shape index (κ1) is 13.1. The minimum atomic E-state index is -0.585. The van der Waals surface area contributed by atoms with Crippen molar-refractivity contribution in [2.24, 2.45) is 5.84 Å². The molecule has 0 fully saturated rings. The second kappa shape index (κ2) is 5.51. The number of aromatic nitrogens is 1. The summed E-state index contributed by atoms with van der Waals surface area (Å²) in [5, 5.41) is 11.4. The van der Waals surface area contributed by atoms with Gasteiger partial charge in [-0.15, -0.1) is 0 Å². The SMILES string of the molecule is NNc1ccc([N+](=O)[O-])c(Oc2ccc(Cl)cc2)n1. The second-order valence-corrected chi connectivity index (χ2v) is 3.91. The van der Waals surface area contributed by atoms with Crippen LogP contribution in [0.15, 0.2) is 36.4 Å². The smallest absolute Gasteiger partial charge is 0.331 e. The lowest BCUT2D eigenvalue weighted by atomic mass is 10.3. The Bertz CT molecular complexity index is 603. The summed E-state index contributed by atoms with van der Waals surface area (Å²) in [7, 11) is 0. The number of halogens is 1. The number of nitro groups is 1. The van der Waals surface area contributed by atoms with Crippen LogP contribution in [0.1, 0.15) is 0 Å². The zero-order valence-electron chi connectivity index (χ0n) is 9.54. The van der Waals surface area contributed by atoms with Crippen LogP contribution < -0.4 is 16.0 Å². The Kier molecular flexibility index (Phi) is 3.79. The summed E-state index contributed by atoms with van der Waals surface area (Å²) in [4.78, 5) is 14.2. The van der Waals surface area contributed by atoms with Gasteiger partial charge in [0, 0.05) is 11.1 Å². The van der Waals surface area contributed by atoms with Crippen LogP contribution in [-0.4, -0.2) is 9.91 Å². The number of hydrogen-bond acceptors (Lipinski definition) is 6. The summed E-state index contributed by atoms with van der Waals surface area (Å²) >= 11 is 5.74. The molecule has 2 rings (SSSR count). The van der Waals surface area contributed by atoms with E-state index in [1.54, 1.807) is 24.3 Å². The summed E-state index contributed by atoms with van der Waals surface area (Å²) in [6, 6.07) is 9.01. The fourth-order valence-corrected chi connectivity index (χ4v) is 1.47. The second-order valence-electron chi connectivity index (χ2n) is 3.48. The van der Waals surface area contributed by atoms with E-state index >= 15 is 0 Å². The number of nitrogens with two attached hydrogens (primary N) is 1. The van der Waals surface area contributed by atoms with Crippen molar-refractivity contribution in [3.05, 3.63) is 51.5 Å². The number of benzene rings is 1. The van der Waals surface area contributed by atoms with E-state index in [1.807, 2.05) is 0 Å². The van der Waals surface area contributed by atoms with Crippen molar-refractivity contribution < 1.29 is 9.66 Å². The van der Waals surface area contributed by atoms with E-state index in [0.29, 0.717) is 10.8 Å². The van der Waals surface area contributed by atoms with Crippen molar-refractivity contribution in [2.45, 2.75) is 0 Å². The molecule has 1 aromatic heterocycles. The van der Waals surface area contributed by atoms with E-state index in [1.165, 1.54) is 12.1 Å². The lowest BCUT2D eigenvalue weighted by Gasteiger charge is -2.07. The molecular formula is C11H9ClN4O3. The molecule has 0 aliphatic rings. The molecule has 0 spiro atoms. The molecule has 3 N–H and O–H groups in total. The number of hydrazine groups is 1. The topological polar surface area (TPSA) is 103 Å². The average molecular weight is 281 g/mol. The van der Waals surface area contributed by atoms with Crippen LogP contribution in [0.25, 0.3) is 0 Å². The number of nitrogens with one attached hydrogen (secondary N) is 1. The molecule has 0 radical (unpaired) electrons. The third kappa shape index (κ3) is 3.09. The standard InChI is InChI=1S/C11H9ClN4O3/c12-7-1-3-8(4-2-7)19-11-9(16(17)18)5-6-10(14-11)15-13/h1-6H,13H2,(H,14,15). The number of pyridine rings is 1. The van der Waals surface area contributed by atoms with Crippen molar-refractivity contribution in [2.75, 3.05) is 5.43 Å². The maximum atomic E-state index is 10.9. The molecule has 0 bridgehead atoms. The van der Waals surface area contributed by atoms with E-state index in [2.05, 4.69) is 10.4 Å². The van der Waals surface area contributed by atoms with Gasteiger partial charge in [-0.2, -0.15) is 4.98 Å². The average Bonchev–Trinajstić information content (AvgIpc) is 2.41. The van der Waals surface area contributed by atoms with Gasteiger partial charge in [0.05, 0.1) is 4.92 Å². The Hall–Kier alpha value is -2.38. The quantitative estimate of drug-likeness (QED) is 0.507. The minimum Gasteiger partial charge on any atom is -0.434 e. The van der Waals surface area contributed by atoms with Crippen LogP contribution in [0.5, 0.6) is 11.6 Å². The van der Waals surface area contributed by atoms with Crippen molar-refractivity contribution in [1.82, 2.24) is 4.98 Å². The Labute approximate surface area is 113 Å². The first-order valence-electron chi connectivity index (χ1n) is 5.15. The van der Waals surface area contributed by atoms with Gasteiger partial charge in [0.25, 0.3) is 0 Å². The zero-order valence-corrected chi connectivity index (χ0v) is 10.3. The highest BCUT2D eigenvalue weighted by molar-refractivity contribution is 6.30. The molecule has 0 atom stereocenters. The van der Waals surface area contributed by atoms with E-state index < -0.39 is 4.92 Å². The summed E-state index contributed by atoms with van der Waals surface area (Å²) in [6.45, 7) is 0. The number of ether oxygens (including phenoxy) is 1. The van der Waals surface area contributed by atoms with Gasteiger partial charge in [-0.1, -0.05) is 11.6 Å². The van der Waals surface area contributed by atoms with Gasteiger partial charge in [0.1, 0.15) is 11.6 Å². The van der Waals surface area contributed by atoms with Crippen LogP contribution in [-0.2, 0) is 0 Å². The molecular weight excluding hydrogens is 272 g/mol. The minimum absolute atomic E-state index is 0.150. The molecule has 19 heavy (non-hydrogen) atoms. The van der Waals surface area contributed by atoms with E-state index in [0.717, 1.165) is 0 Å². The Morgan fingerprint density at radius 3 is 2.53 bits per heavy atom. The number of anilines is 1. The summed E-state index contributed by atoms with van der Waals surface area (Å²) in [5.41, 5.74) is 2.04. The maximum Gasteiger partial charge on any atom is 0.331 e. The monoisotopic (exact) mass is 280 g/mol. The third-order valence-corrected chi connectivity index (χ3v) is 2.46. The molecule has 0 amide bonds. The van der Waals surface area contributed by atoms with Crippen LogP contribution in [0, 0.1) is 10.1 Å². The first-order chi connectivity index (χ1) is 9.10. The molecule has 0 saturated carbocycles. The Balaban J connectivity index is 2.36. The van der Waals surface area contributed by atoms with E-state index in [-0.39, 0.29) is 17.4 Å². The predicted molar refractivity (Wildman–Crippen MR) is 70.2 cm³/mol. The molecule has 0 aliphatic carbocycles. The summed E-state index contributed by atoms with van der Waals surface area (Å²) in [5.74, 6) is 5.69. The highest BCUT2D eigenvalue weighted by Gasteiger charge is 2.18. The largest absolute Gasteiger partial charge is 0.434 e. The molecule has 8 heteroatoms. The first-order valence-corrected chi connectivity index (χ1v) is 5.53. The van der Waals surface area contributed by atoms with Gasteiger partial charge in [0.2, 0.25) is 0 Å². The van der Waals surface area contributed by atoms with Crippen molar-refractivity contribution >= 4 is 23.1 Å². The Morgan fingerprint density at radius 2 is 1.95 bits per heavy atom. The number of nitrogen functional groups attached to an aromatic ring is 1. The van der Waals surface area contributed by atoms with Crippen LogP contribution in [0.4, 0.5) is 11.5 Å². The van der Waals surface area contributed by atoms with Crippen molar-refractivity contribution in [3.63, 3.8) is 0 Å². The Morgan fingerprint density at radius 1 is 1.26 bits per heavy atom. The number of nitrogens with zero attached hydrogens (tertiary/aromatic N) is 2. The van der Waals surface area contributed by atoms with Gasteiger partial charge in [0.15, 0.2) is 0 Å². The fraction of sp³-hybridized carbons (Fsp3) is 0. The molecule has 0 aliphatic heterocycles. The lowest BCUT2D eigenvalue weighted by Crippen LogP contribution is -2.09. The van der Waals surface area contributed by atoms with E-state index in [9.17, 15) is 10.1 Å². The molecule has 0 saturated heterocycles. The molecule has 0 unspecified atom stereocenters. The van der Waals surface area contributed by atoms with Crippen molar-refractivity contribution in [1.29, 1.82) is 0 Å². The van der Waals surface area contributed by atoms with Crippen LogP contribution in [0.2, 0.25) is 5.02 Å². The highest BCUT2D eigenvalue weighted by atomic mass is 35.5. The van der Waals surface area contributed by atoms with Crippen LogP contribution in [0.3, 0.4) is 0 Å². The number of rotatable bonds is 4. The summed E-state index contributed by atoms with van der Waals surface area (Å²) < 4.78 is 5.36.